The van der Waals surface area contributed by atoms with Crippen LogP contribution in [0.15, 0.2) is 0 Å². The van der Waals surface area contributed by atoms with Gasteiger partial charge in [-0.25, -0.2) is 0 Å². The van der Waals surface area contributed by atoms with Crippen LogP contribution in [0.3, 0.4) is 0 Å². The van der Waals surface area contributed by atoms with E-state index in [2.05, 4.69) is 24.1 Å². The van der Waals surface area contributed by atoms with Gasteiger partial charge in [0, 0.05) is 6.04 Å². The fraction of sp³-hybridized carbons (Fsp3) is 1.00. The summed E-state index contributed by atoms with van der Waals surface area (Å²) in [6, 6.07) is 0.734. The molecule has 0 aromatic heterocycles. The lowest BCUT2D eigenvalue weighted by molar-refractivity contribution is 0.169. The predicted molar refractivity (Wildman–Crippen MR) is 69.6 cm³/mol. The number of likely N-dealkylation sites (tertiary alicyclic amines) is 1. The van der Waals surface area contributed by atoms with Crippen molar-refractivity contribution in [2.45, 2.75) is 52.0 Å². The van der Waals surface area contributed by atoms with Crippen LogP contribution in [-0.2, 0) is 0 Å². The Morgan fingerprint density at radius 2 is 1.88 bits per heavy atom. The molecule has 2 rings (SSSR count). The second-order valence-corrected chi connectivity index (χ2v) is 5.75. The second kappa shape index (κ2) is 6.02. The maximum absolute atomic E-state index is 3.74. The molecule has 94 valence electrons. The van der Waals surface area contributed by atoms with Gasteiger partial charge in [0.1, 0.15) is 0 Å². The molecule has 0 bridgehead atoms. The van der Waals surface area contributed by atoms with E-state index in [1.807, 2.05) is 0 Å². The number of nitrogens with one attached hydrogen (secondary N) is 1. The van der Waals surface area contributed by atoms with Gasteiger partial charge in [0.2, 0.25) is 0 Å². The number of rotatable bonds is 6. The summed E-state index contributed by atoms with van der Waals surface area (Å²) in [5.74, 6) is 1.99. The van der Waals surface area contributed by atoms with Gasteiger partial charge in [-0.2, -0.15) is 0 Å². The van der Waals surface area contributed by atoms with Crippen molar-refractivity contribution < 1.29 is 0 Å². The van der Waals surface area contributed by atoms with E-state index in [9.17, 15) is 0 Å². The summed E-state index contributed by atoms with van der Waals surface area (Å²) in [6.45, 7) is 9.78. The van der Waals surface area contributed by atoms with Gasteiger partial charge in [0.05, 0.1) is 0 Å². The maximum Gasteiger partial charge on any atom is 0.00679 e. The van der Waals surface area contributed by atoms with E-state index in [1.54, 1.807) is 0 Å². The monoisotopic (exact) mass is 224 g/mol. The molecule has 1 atom stereocenters. The molecule has 2 fully saturated rings. The van der Waals surface area contributed by atoms with E-state index in [4.69, 9.17) is 0 Å². The summed E-state index contributed by atoms with van der Waals surface area (Å²) in [7, 11) is 0. The zero-order valence-corrected chi connectivity index (χ0v) is 11.0. The Morgan fingerprint density at radius 3 is 2.44 bits per heavy atom. The summed E-state index contributed by atoms with van der Waals surface area (Å²) < 4.78 is 0. The van der Waals surface area contributed by atoms with Crippen molar-refractivity contribution in [1.82, 2.24) is 10.2 Å². The third-order valence-corrected chi connectivity index (χ3v) is 4.50. The summed E-state index contributed by atoms with van der Waals surface area (Å²) >= 11 is 0. The fourth-order valence-corrected chi connectivity index (χ4v) is 2.86. The first-order chi connectivity index (χ1) is 7.79. The molecule has 1 aliphatic carbocycles. The predicted octanol–water partition coefficient (Wildman–Crippen LogP) is 2.50. The Morgan fingerprint density at radius 1 is 1.19 bits per heavy atom. The quantitative estimate of drug-likeness (QED) is 0.746. The molecule has 0 amide bonds. The minimum Gasteiger partial charge on any atom is -0.314 e. The Balaban J connectivity index is 1.59. The highest BCUT2D eigenvalue weighted by atomic mass is 15.1. The van der Waals surface area contributed by atoms with Crippen molar-refractivity contribution in [3.05, 3.63) is 0 Å². The average molecular weight is 224 g/mol. The molecule has 1 unspecified atom stereocenters. The highest BCUT2D eigenvalue weighted by molar-refractivity contribution is 4.80. The van der Waals surface area contributed by atoms with Crippen LogP contribution in [0.1, 0.15) is 46.0 Å². The lowest BCUT2D eigenvalue weighted by atomic mass is 9.90. The third kappa shape index (κ3) is 3.74. The average Bonchev–Trinajstić information content (AvgIpc) is 3.13. The van der Waals surface area contributed by atoms with Crippen LogP contribution in [0.5, 0.6) is 0 Å². The van der Waals surface area contributed by atoms with Crippen LogP contribution in [-0.4, -0.2) is 37.1 Å². The molecule has 0 aromatic rings. The van der Waals surface area contributed by atoms with Gasteiger partial charge in [0.25, 0.3) is 0 Å². The first kappa shape index (κ1) is 12.4. The van der Waals surface area contributed by atoms with Crippen LogP contribution in [0.4, 0.5) is 0 Å². The number of hydrogen-bond donors (Lipinski definition) is 1. The fourth-order valence-electron chi connectivity index (χ4n) is 2.86. The third-order valence-electron chi connectivity index (χ3n) is 4.50. The van der Waals surface area contributed by atoms with Crippen molar-refractivity contribution >= 4 is 0 Å². The Hall–Kier alpha value is -0.0800. The molecule has 16 heavy (non-hydrogen) atoms. The van der Waals surface area contributed by atoms with Gasteiger partial charge >= 0.3 is 0 Å². The minimum atomic E-state index is 0.734. The standard InChI is InChI=1S/C14H28N2/c1-3-16-10-7-14(8-11-16)12(2)15-9-6-13-4-5-13/h12-15H,3-11H2,1-2H3. The molecule has 2 aliphatic rings. The SMILES string of the molecule is CCN1CCC(C(C)NCCC2CC2)CC1. The van der Waals surface area contributed by atoms with E-state index in [1.165, 1.54) is 58.3 Å². The molecule has 1 aliphatic heterocycles. The molecule has 2 heteroatoms. The van der Waals surface area contributed by atoms with Crippen molar-refractivity contribution in [2.75, 3.05) is 26.2 Å². The summed E-state index contributed by atoms with van der Waals surface area (Å²) in [6.07, 6.45) is 7.19. The second-order valence-electron chi connectivity index (χ2n) is 5.75. The van der Waals surface area contributed by atoms with E-state index in [-0.39, 0.29) is 0 Å². The minimum absolute atomic E-state index is 0.734. The van der Waals surface area contributed by atoms with Gasteiger partial charge < -0.3 is 10.2 Å². The van der Waals surface area contributed by atoms with Gasteiger partial charge in [0.15, 0.2) is 0 Å². The van der Waals surface area contributed by atoms with Crippen molar-refractivity contribution in [3.63, 3.8) is 0 Å². The Labute approximate surface area is 101 Å². The topological polar surface area (TPSA) is 15.3 Å². The van der Waals surface area contributed by atoms with E-state index < -0.39 is 0 Å². The first-order valence-electron chi connectivity index (χ1n) is 7.25. The van der Waals surface area contributed by atoms with E-state index >= 15 is 0 Å². The first-order valence-corrected chi connectivity index (χ1v) is 7.25. The molecular formula is C14H28N2. The lowest BCUT2D eigenvalue weighted by Gasteiger charge is -2.34. The highest BCUT2D eigenvalue weighted by Crippen LogP contribution is 2.31. The Bertz CT molecular complexity index is 193. The number of nitrogens with zero attached hydrogens (tertiary/aromatic N) is 1. The van der Waals surface area contributed by atoms with Crippen molar-refractivity contribution in [2.24, 2.45) is 11.8 Å². The van der Waals surface area contributed by atoms with Crippen molar-refractivity contribution in [3.8, 4) is 0 Å². The zero-order chi connectivity index (χ0) is 11.4. The van der Waals surface area contributed by atoms with Crippen LogP contribution in [0.2, 0.25) is 0 Å². The van der Waals surface area contributed by atoms with E-state index in [0.29, 0.717) is 0 Å². The summed E-state index contributed by atoms with van der Waals surface area (Å²) in [4.78, 5) is 2.58. The molecule has 2 nitrogen and oxygen atoms in total. The molecule has 1 N–H and O–H groups in total. The molecule has 0 aromatic carbocycles. The van der Waals surface area contributed by atoms with Gasteiger partial charge in [-0.1, -0.05) is 19.8 Å². The smallest absolute Gasteiger partial charge is 0.00679 e. The molecule has 1 saturated carbocycles. The number of hydrogen-bond acceptors (Lipinski definition) is 2. The molecule has 1 heterocycles. The lowest BCUT2D eigenvalue weighted by Crippen LogP contribution is -2.42. The van der Waals surface area contributed by atoms with Crippen molar-refractivity contribution in [1.29, 1.82) is 0 Å². The van der Waals surface area contributed by atoms with Crippen LogP contribution >= 0.6 is 0 Å². The molecule has 0 spiro atoms. The van der Waals surface area contributed by atoms with Crippen LogP contribution < -0.4 is 5.32 Å². The maximum atomic E-state index is 3.74. The molecular weight excluding hydrogens is 196 g/mol. The largest absolute Gasteiger partial charge is 0.314 e. The highest BCUT2D eigenvalue weighted by Gasteiger charge is 2.24. The van der Waals surface area contributed by atoms with E-state index in [0.717, 1.165) is 17.9 Å². The summed E-state index contributed by atoms with van der Waals surface area (Å²) in [5.41, 5.74) is 0. The summed E-state index contributed by atoms with van der Waals surface area (Å²) in [5, 5.41) is 3.74. The van der Waals surface area contributed by atoms with Gasteiger partial charge in [-0.15, -0.1) is 0 Å². The van der Waals surface area contributed by atoms with Gasteiger partial charge in [-0.3, -0.25) is 0 Å². The van der Waals surface area contributed by atoms with Crippen LogP contribution in [0.25, 0.3) is 0 Å². The van der Waals surface area contributed by atoms with Crippen LogP contribution in [0, 0.1) is 11.8 Å². The van der Waals surface area contributed by atoms with Gasteiger partial charge in [-0.05, 0) is 64.2 Å². The normalized spacial score (nSPS) is 25.9. The Kier molecular flexibility index (Phi) is 4.66. The number of piperidine rings is 1. The molecule has 0 radical (unpaired) electrons. The molecule has 1 saturated heterocycles. The zero-order valence-electron chi connectivity index (χ0n) is 11.0.